The van der Waals surface area contributed by atoms with Crippen LogP contribution in [0.2, 0.25) is 0 Å². The molecule has 108 valence electrons. The molecule has 1 aliphatic rings. The van der Waals surface area contributed by atoms with Gasteiger partial charge in [-0.2, -0.15) is 0 Å². The number of carboxylic acid groups (broad SMARTS) is 1. The highest BCUT2D eigenvalue weighted by Crippen LogP contribution is 2.12. The third-order valence-corrected chi connectivity index (χ3v) is 2.89. The predicted octanol–water partition coefficient (Wildman–Crippen LogP) is -1.56. The zero-order valence-corrected chi connectivity index (χ0v) is 10.9. The Kier molecular flexibility index (Phi) is 6.07. The molecule has 0 aromatic heterocycles. The number of nitrogens with zero attached hydrogens (tertiary/aromatic N) is 1. The summed E-state index contributed by atoms with van der Waals surface area (Å²) in [5.74, 6) is -1.21. The number of hydrogen-bond donors (Lipinski definition) is 4. The Hall–Kier alpha value is -1.83. The zero-order valence-electron chi connectivity index (χ0n) is 10.9. The molecule has 1 unspecified atom stereocenters. The maximum absolute atomic E-state index is 11.4. The smallest absolute Gasteiger partial charge is 0.322 e. The quantitative estimate of drug-likeness (QED) is 0.467. The molecule has 1 heterocycles. The average Bonchev–Trinajstić information content (AvgIpc) is 2.77. The van der Waals surface area contributed by atoms with Crippen molar-refractivity contribution in [2.75, 3.05) is 39.8 Å². The molecule has 1 atom stereocenters. The molecule has 0 aromatic rings. The Morgan fingerprint density at radius 3 is 2.53 bits per heavy atom. The normalized spacial score (nSPS) is 18.9. The summed E-state index contributed by atoms with van der Waals surface area (Å²) < 4.78 is 0. The van der Waals surface area contributed by atoms with Crippen LogP contribution >= 0.6 is 0 Å². The van der Waals surface area contributed by atoms with Crippen LogP contribution in [-0.4, -0.2) is 67.7 Å². The highest BCUT2D eigenvalue weighted by atomic mass is 16.4. The number of likely N-dealkylation sites (tertiary alicyclic amines) is 1. The second-order valence-electron chi connectivity index (χ2n) is 4.65. The van der Waals surface area contributed by atoms with Gasteiger partial charge in [0.2, 0.25) is 5.91 Å². The molecule has 0 radical (unpaired) electrons. The fourth-order valence-electron chi connectivity index (χ4n) is 1.89. The molecule has 1 saturated heterocycles. The van der Waals surface area contributed by atoms with Crippen LogP contribution in [-0.2, 0) is 9.59 Å². The minimum Gasteiger partial charge on any atom is -0.480 e. The fourth-order valence-corrected chi connectivity index (χ4v) is 1.89. The first kappa shape index (κ1) is 15.2. The predicted molar refractivity (Wildman–Crippen MR) is 67.7 cm³/mol. The lowest BCUT2D eigenvalue weighted by atomic mass is 10.1. The molecular formula is C11H20N4O4. The summed E-state index contributed by atoms with van der Waals surface area (Å²) in [5.41, 5.74) is 0. The number of carbonyl (C=O) groups excluding carboxylic acids is 2. The summed E-state index contributed by atoms with van der Waals surface area (Å²) in [7, 11) is 2.03. The van der Waals surface area contributed by atoms with Crippen LogP contribution in [0.15, 0.2) is 0 Å². The SMILES string of the molecule is CN1CCC(CNC(=O)NCC(=O)NCC(=O)O)C1. The minimum atomic E-state index is -1.12. The van der Waals surface area contributed by atoms with Crippen LogP contribution in [0.4, 0.5) is 4.79 Å². The van der Waals surface area contributed by atoms with Crippen molar-refractivity contribution in [1.82, 2.24) is 20.9 Å². The lowest BCUT2D eigenvalue weighted by molar-refractivity contribution is -0.137. The van der Waals surface area contributed by atoms with E-state index in [4.69, 9.17) is 5.11 Å². The van der Waals surface area contributed by atoms with Crippen LogP contribution in [0, 0.1) is 5.92 Å². The van der Waals surface area contributed by atoms with Gasteiger partial charge in [0.25, 0.3) is 0 Å². The number of nitrogens with one attached hydrogen (secondary N) is 3. The van der Waals surface area contributed by atoms with Crippen LogP contribution in [0.3, 0.4) is 0 Å². The zero-order chi connectivity index (χ0) is 14.3. The number of carboxylic acids is 1. The van der Waals surface area contributed by atoms with Crippen LogP contribution < -0.4 is 16.0 Å². The Balaban J connectivity index is 2.07. The molecule has 0 aliphatic carbocycles. The van der Waals surface area contributed by atoms with Crippen molar-refractivity contribution in [3.05, 3.63) is 0 Å². The van der Waals surface area contributed by atoms with Gasteiger partial charge < -0.3 is 26.0 Å². The monoisotopic (exact) mass is 272 g/mol. The van der Waals surface area contributed by atoms with E-state index < -0.39 is 24.5 Å². The molecule has 8 nitrogen and oxygen atoms in total. The van der Waals surface area contributed by atoms with Gasteiger partial charge in [0, 0.05) is 13.1 Å². The molecule has 1 aliphatic heterocycles. The summed E-state index contributed by atoms with van der Waals surface area (Å²) in [6.45, 7) is 1.89. The molecule has 4 N–H and O–H groups in total. The first-order valence-corrected chi connectivity index (χ1v) is 6.16. The van der Waals surface area contributed by atoms with Crippen molar-refractivity contribution in [2.45, 2.75) is 6.42 Å². The standard InChI is InChI=1S/C11H20N4O4/c1-15-3-2-8(7-15)4-13-11(19)14-5-9(16)12-6-10(17)18/h8H,2-7H2,1H3,(H,12,16)(H,17,18)(H2,13,14,19). The number of aliphatic carboxylic acids is 1. The number of rotatable bonds is 6. The summed E-state index contributed by atoms with van der Waals surface area (Å²) >= 11 is 0. The van der Waals surface area contributed by atoms with Crippen molar-refractivity contribution in [2.24, 2.45) is 5.92 Å². The largest absolute Gasteiger partial charge is 0.480 e. The fraction of sp³-hybridized carbons (Fsp3) is 0.727. The van der Waals surface area contributed by atoms with Crippen LogP contribution in [0.5, 0.6) is 0 Å². The molecule has 1 fully saturated rings. The van der Waals surface area contributed by atoms with E-state index in [1.165, 1.54) is 0 Å². The molecule has 0 spiro atoms. The van der Waals surface area contributed by atoms with Crippen LogP contribution in [0.25, 0.3) is 0 Å². The topological polar surface area (TPSA) is 111 Å². The molecule has 0 saturated carbocycles. The molecule has 0 aromatic carbocycles. The first-order chi connectivity index (χ1) is 8.97. The second kappa shape index (κ2) is 7.57. The Morgan fingerprint density at radius 2 is 1.95 bits per heavy atom. The van der Waals surface area contributed by atoms with Gasteiger partial charge in [0.15, 0.2) is 0 Å². The first-order valence-electron chi connectivity index (χ1n) is 6.16. The summed E-state index contributed by atoms with van der Waals surface area (Å²) in [5, 5.41) is 15.6. The van der Waals surface area contributed by atoms with Gasteiger partial charge in [0.1, 0.15) is 6.54 Å². The van der Waals surface area contributed by atoms with Crippen molar-refractivity contribution < 1.29 is 19.5 Å². The third kappa shape index (κ3) is 6.61. The third-order valence-electron chi connectivity index (χ3n) is 2.89. The molecule has 19 heavy (non-hydrogen) atoms. The van der Waals surface area contributed by atoms with Crippen molar-refractivity contribution >= 4 is 17.9 Å². The lowest BCUT2D eigenvalue weighted by Gasteiger charge is -2.12. The van der Waals surface area contributed by atoms with Crippen molar-refractivity contribution in [3.63, 3.8) is 0 Å². The van der Waals surface area contributed by atoms with E-state index >= 15 is 0 Å². The second-order valence-corrected chi connectivity index (χ2v) is 4.65. The van der Waals surface area contributed by atoms with Gasteiger partial charge >= 0.3 is 12.0 Å². The Labute approximate surface area is 111 Å². The van der Waals surface area contributed by atoms with Crippen LogP contribution in [0.1, 0.15) is 6.42 Å². The van der Waals surface area contributed by atoms with Crippen molar-refractivity contribution in [1.29, 1.82) is 0 Å². The summed E-state index contributed by atoms with van der Waals surface area (Å²) in [4.78, 5) is 34.9. The maximum Gasteiger partial charge on any atom is 0.322 e. The minimum absolute atomic E-state index is 0.232. The lowest BCUT2D eigenvalue weighted by Crippen LogP contribution is -2.44. The van der Waals surface area contributed by atoms with E-state index in [1.54, 1.807) is 0 Å². The Morgan fingerprint density at radius 1 is 1.21 bits per heavy atom. The van der Waals surface area contributed by atoms with Gasteiger partial charge in [-0.3, -0.25) is 9.59 Å². The molecule has 1 rings (SSSR count). The molecule has 8 heteroatoms. The van der Waals surface area contributed by atoms with Gasteiger partial charge in [-0.25, -0.2) is 4.79 Å². The van der Waals surface area contributed by atoms with Gasteiger partial charge in [-0.15, -0.1) is 0 Å². The molecule has 3 amide bonds. The maximum atomic E-state index is 11.4. The van der Waals surface area contributed by atoms with E-state index in [2.05, 4.69) is 20.9 Å². The van der Waals surface area contributed by atoms with E-state index in [0.29, 0.717) is 12.5 Å². The highest BCUT2D eigenvalue weighted by Gasteiger charge is 2.19. The highest BCUT2D eigenvalue weighted by molar-refractivity contribution is 5.86. The van der Waals surface area contributed by atoms with Crippen molar-refractivity contribution in [3.8, 4) is 0 Å². The Bertz CT molecular complexity index is 348. The molecule has 0 bridgehead atoms. The number of amides is 3. The summed E-state index contributed by atoms with van der Waals surface area (Å²) in [6, 6.07) is -0.417. The number of hydrogen-bond acceptors (Lipinski definition) is 4. The average molecular weight is 272 g/mol. The van der Waals surface area contributed by atoms with E-state index in [-0.39, 0.29) is 6.54 Å². The summed E-state index contributed by atoms with van der Waals surface area (Å²) in [6.07, 6.45) is 1.05. The van der Waals surface area contributed by atoms with E-state index in [0.717, 1.165) is 19.5 Å². The van der Waals surface area contributed by atoms with Gasteiger partial charge in [0.05, 0.1) is 6.54 Å². The van der Waals surface area contributed by atoms with Gasteiger partial charge in [-0.1, -0.05) is 0 Å². The van der Waals surface area contributed by atoms with E-state index in [9.17, 15) is 14.4 Å². The number of carbonyl (C=O) groups is 3. The molecular weight excluding hydrogens is 252 g/mol. The van der Waals surface area contributed by atoms with Gasteiger partial charge in [-0.05, 0) is 25.9 Å². The van der Waals surface area contributed by atoms with E-state index in [1.807, 2.05) is 7.05 Å². The number of urea groups is 1.